The van der Waals surface area contributed by atoms with Gasteiger partial charge in [-0.3, -0.25) is 0 Å². The molecule has 136 valence electrons. The van der Waals surface area contributed by atoms with Gasteiger partial charge in [0.05, 0.1) is 10.7 Å². The summed E-state index contributed by atoms with van der Waals surface area (Å²) in [4.78, 5) is 21.1. The third-order valence-electron chi connectivity index (χ3n) is 4.14. The van der Waals surface area contributed by atoms with E-state index < -0.39 is 5.97 Å². The van der Waals surface area contributed by atoms with E-state index in [1.54, 1.807) is 28.2 Å². The highest BCUT2D eigenvalue weighted by Gasteiger charge is 2.14. The molecule has 0 aliphatic carbocycles. The third kappa shape index (κ3) is 3.86. The van der Waals surface area contributed by atoms with Crippen LogP contribution in [0.4, 0.5) is 0 Å². The maximum Gasteiger partial charge on any atom is 0.358 e. The molecular formula is C20H16ClN3O2S. The quantitative estimate of drug-likeness (QED) is 0.443. The van der Waals surface area contributed by atoms with Gasteiger partial charge in [0, 0.05) is 23.3 Å². The van der Waals surface area contributed by atoms with Crippen molar-refractivity contribution in [1.82, 2.24) is 14.4 Å². The van der Waals surface area contributed by atoms with Crippen LogP contribution in [0.3, 0.4) is 0 Å². The highest BCUT2D eigenvalue weighted by atomic mass is 35.5. The number of fused-ring (bicyclic) bond motifs is 1. The van der Waals surface area contributed by atoms with E-state index in [1.165, 1.54) is 16.9 Å². The van der Waals surface area contributed by atoms with E-state index in [-0.39, 0.29) is 6.61 Å². The summed E-state index contributed by atoms with van der Waals surface area (Å²) in [6.07, 6.45) is 4.53. The van der Waals surface area contributed by atoms with Crippen LogP contribution < -0.4 is 0 Å². The van der Waals surface area contributed by atoms with Gasteiger partial charge in [0.1, 0.15) is 17.3 Å². The predicted molar refractivity (Wildman–Crippen MR) is 106 cm³/mol. The average molecular weight is 398 g/mol. The summed E-state index contributed by atoms with van der Waals surface area (Å²) < 4.78 is 7.15. The van der Waals surface area contributed by atoms with Gasteiger partial charge in [-0.05, 0) is 24.1 Å². The van der Waals surface area contributed by atoms with Gasteiger partial charge in [0.2, 0.25) is 0 Å². The molecule has 0 spiro atoms. The van der Waals surface area contributed by atoms with Crippen LogP contribution in [-0.2, 0) is 17.8 Å². The summed E-state index contributed by atoms with van der Waals surface area (Å²) in [5, 5.41) is 3.13. The number of thiazole rings is 1. The normalized spacial score (nSPS) is 11.0. The van der Waals surface area contributed by atoms with Crippen LogP contribution >= 0.6 is 22.9 Å². The third-order valence-corrected chi connectivity index (χ3v) is 5.25. The van der Waals surface area contributed by atoms with Crippen LogP contribution in [0.5, 0.6) is 0 Å². The Morgan fingerprint density at radius 2 is 1.96 bits per heavy atom. The summed E-state index contributed by atoms with van der Waals surface area (Å²) in [5.41, 5.74) is 3.96. The molecular weight excluding hydrogens is 382 g/mol. The van der Waals surface area contributed by atoms with Crippen LogP contribution in [0.25, 0.3) is 16.2 Å². The fraction of sp³-hybridized carbons (Fsp3) is 0.150. The van der Waals surface area contributed by atoms with Crippen molar-refractivity contribution in [3.05, 3.63) is 76.1 Å². The molecule has 0 unspecified atom stereocenters. The smallest absolute Gasteiger partial charge is 0.358 e. The fourth-order valence-electron chi connectivity index (χ4n) is 2.68. The minimum atomic E-state index is -0.460. The first kappa shape index (κ1) is 17.7. The molecule has 5 nitrogen and oxygen atoms in total. The lowest BCUT2D eigenvalue weighted by atomic mass is 10.1. The summed E-state index contributed by atoms with van der Waals surface area (Å²) in [7, 11) is 0. The van der Waals surface area contributed by atoms with Crippen LogP contribution in [0.15, 0.2) is 54.2 Å². The number of nitrogens with zero attached hydrogens (tertiary/aromatic N) is 3. The number of pyridine rings is 1. The minimum Gasteiger partial charge on any atom is -0.454 e. The zero-order chi connectivity index (χ0) is 18.8. The lowest BCUT2D eigenvalue weighted by Gasteiger charge is -2.00. The van der Waals surface area contributed by atoms with Crippen molar-refractivity contribution < 1.29 is 9.53 Å². The highest BCUT2D eigenvalue weighted by Crippen LogP contribution is 2.24. The Morgan fingerprint density at radius 1 is 1.15 bits per heavy atom. The predicted octanol–water partition coefficient (Wildman–Crippen LogP) is 5.03. The largest absolute Gasteiger partial charge is 0.454 e. The number of hydrogen-bond acceptors (Lipinski definition) is 5. The number of carbonyl (C=O) groups excluding carboxylic acids is 1. The Balaban J connectivity index is 1.44. The van der Waals surface area contributed by atoms with Gasteiger partial charge in [-0.1, -0.05) is 42.8 Å². The Bertz CT molecular complexity index is 1100. The molecule has 1 aromatic carbocycles. The molecule has 0 fully saturated rings. The van der Waals surface area contributed by atoms with Crippen molar-refractivity contribution in [3.8, 4) is 10.6 Å². The SMILES string of the molecule is CCc1ccc(-c2nc(C(=O)OCc3cn4cc(Cl)ccc4n3)cs2)cc1. The second kappa shape index (κ2) is 7.50. The Labute approximate surface area is 165 Å². The molecule has 0 radical (unpaired) electrons. The van der Waals surface area contributed by atoms with Crippen LogP contribution in [-0.4, -0.2) is 20.3 Å². The molecule has 3 heterocycles. The van der Waals surface area contributed by atoms with Crippen molar-refractivity contribution in [2.75, 3.05) is 0 Å². The Kier molecular flexibility index (Phi) is 4.92. The van der Waals surface area contributed by atoms with Crippen molar-refractivity contribution in [2.24, 2.45) is 0 Å². The number of imidazole rings is 1. The summed E-state index contributed by atoms with van der Waals surface area (Å²) in [6.45, 7) is 2.19. The van der Waals surface area contributed by atoms with Gasteiger partial charge >= 0.3 is 5.97 Å². The summed E-state index contributed by atoms with van der Waals surface area (Å²) in [5.74, 6) is -0.460. The van der Waals surface area contributed by atoms with Crippen molar-refractivity contribution in [1.29, 1.82) is 0 Å². The molecule has 0 amide bonds. The summed E-state index contributed by atoms with van der Waals surface area (Å²) >= 11 is 7.39. The molecule has 0 saturated heterocycles. The lowest BCUT2D eigenvalue weighted by molar-refractivity contribution is 0.0462. The molecule has 3 aromatic heterocycles. The molecule has 0 aliphatic heterocycles. The van der Waals surface area contributed by atoms with E-state index in [2.05, 4.69) is 29.0 Å². The Hall–Kier alpha value is -2.70. The van der Waals surface area contributed by atoms with Gasteiger partial charge in [-0.2, -0.15) is 0 Å². The van der Waals surface area contributed by atoms with E-state index in [0.29, 0.717) is 16.4 Å². The number of esters is 1. The zero-order valence-corrected chi connectivity index (χ0v) is 16.1. The number of aryl methyl sites for hydroxylation is 1. The first-order valence-electron chi connectivity index (χ1n) is 8.47. The zero-order valence-electron chi connectivity index (χ0n) is 14.6. The molecule has 0 N–H and O–H groups in total. The molecule has 7 heteroatoms. The molecule has 0 bridgehead atoms. The van der Waals surface area contributed by atoms with Gasteiger partial charge in [-0.15, -0.1) is 11.3 Å². The topological polar surface area (TPSA) is 56.5 Å². The van der Waals surface area contributed by atoms with Gasteiger partial charge in [0.25, 0.3) is 0 Å². The van der Waals surface area contributed by atoms with Crippen molar-refractivity contribution in [3.63, 3.8) is 0 Å². The summed E-state index contributed by atoms with van der Waals surface area (Å²) in [6, 6.07) is 11.8. The monoisotopic (exact) mass is 397 g/mol. The van der Waals surface area contributed by atoms with E-state index in [9.17, 15) is 4.79 Å². The second-order valence-corrected chi connectivity index (χ2v) is 7.30. The fourth-order valence-corrected chi connectivity index (χ4v) is 3.65. The second-order valence-electron chi connectivity index (χ2n) is 6.01. The van der Waals surface area contributed by atoms with Gasteiger partial charge in [0.15, 0.2) is 5.69 Å². The van der Waals surface area contributed by atoms with Crippen LogP contribution in [0.1, 0.15) is 28.7 Å². The van der Waals surface area contributed by atoms with E-state index in [4.69, 9.17) is 16.3 Å². The lowest BCUT2D eigenvalue weighted by Crippen LogP contribution is -2.05. The van der Waals surface area contributed by atoms with E-state index in [0.717, 1.165) is 22.6 Å². The maximum atomic E-state index is 12.3. The average Bonchev–Trinajstić information content (AvgIpc) is 3.33. The van der Waals surface area contributed by atoms with Gasteiger partial charge in [-0.25, -0.2) is 14.8 Å². The molecule has 4 rings (SSSR count). The standard InChI is InChI=1S/C20H16ClN3O2S/c1-2-13-3-5-14(6-4-13)19-23-17(12-27-19)20(25)26-11-16-10-24-9-15(21)7-8-18(24)22-16/h3-10,12H,2,11H2,1H3. The van der Waals surface area contributed by atoms with Crippen LogP contribution in [0.2, 0.25) is 5.02 Å². The number of benzene rings is 1. The molecule has 4 aromatic rings. The van der Waals surface area contributed by atoms with E-state index in [1.807, 2.05) is 18.2 Å². The molecule has 27 heavy (non-hydrogen) atoms. The minimum absolute atomic E-state index is 0.0796. The van der Waals surface area contributed by atoms with Crippen LogP contribution in [0, 0.1) is 0 Å². The van der Waals surface area contributed by atoms with Crippen molar-refractivity contribution in [2.45, 2.75) is 20.0 Å². The molecule has 0 saturated carbocycles. The van der Waals surface area contributed by atoms with Crippen molar-refractivity contribution >= 4 is 34.6 Å². The highest BCUT2D eigenvalue weighted by molar-refractivity contribution is 7.13. The van der Waals surface area contributed by atoms with E-state index >= 15 is 0 Å². The van der Waals surface area contributed by atoms with Gasteiger partial charge < -0.3 is 9.14 Å². The first-order valence-corrected chi connectivity index (χ1v) is 9.73. The first-order chi connectivity index (χ1) is 13.1. The number of hydrogen-bond donors (Lipinski definition) is 0. The number of halogens is 1. The molecule has 0 aliphatic rings. The number of aromatic nitrogens is 3. The maximum absolute atomic E-state index is 12.3. The molecule has 0 atom stereocenters. The number of carbonyl (C=O) groups is 1. The number of rotatable bonds is 5. The number of ether oxygens (including phenoxy) is 1. The Morgan fingerprint density at radius 3 is 2.74 bits per heavy atom.